The molecule has 0 aliphatic carbocycles. The molecule has 0 saturated heterocycles. The average Bonchev–Trinajstić information content (AvgIpc) is 2.29. The third kappa shape index (κ3) is 4.84. The van der Waals surface area contributed by atoms with Gasteiger partial charge in [0.05, 0.1) is 0 Å². The highest BCUT2D eigenvalue weighted by atomic mass is 16.6. The van der Waals surface area contributed by atoms with Gasteiger partial charge < -0.3 is 15.3 Å². The molecule has 4 N–H and O–H groups in total. The minimum absolute atomic E-state index is 0.188. The zero-order valence-corrected chi connectivity index (χ0v) is 10.2. The van der Waals surface area contributed by atoms with Crippen LogP contribution in [0.1, 0.15) is 19.4 Å². The quantitative estimate of drug-likeness (QED) is 0.335. The molecule has 0 radical (unpaired) electrons. The van der Waals surface area contributed by atoms with Crippen LogP contribution in [0.25, 0.3) is 0 Å². The first-order chi connectivity index (χ1) is 8.13. The molecule has 0 fully saturated rings. The van der Waals surface area contributed by atoms with Crippen LogP contribution < -0.4 is 16.4 Å². The molecule has 0 bridgehead atoms. The topological polar surface area (TPSA) is 82.9 Å². The van der Waals surface area contributed by atoms with E-state index in [1.807, 2.05) is 38.1 Å². The third-order valence-corrected chi connectivity index (χ3v) is 2.02. The van der Waals surface area contributed by atoms with Crippen molar-refractivity contribution < 1.29 is 9.57 Å². The molecule has 0 aromatic heterocycles. The van der Waals surface area contributed by atoms with Gasteiger partial charge in [0, 0.05) is 11.6 Å². The van der Waals surface area contributed by atoms with Gasteiger partial charge in [0.2, 0.25) is 0 Å². The number of aliphatic imine (C=N–C) groups is 1. The molecule has 5 heteroatoms. The molecule has 0 aliphatic rings. The van der Waals surface area contributed by atoms with Gasteiger partial charge in [0.25, 0.3) is 0 Å². The van der Waals surface area contributed by atoms with Gasteiger partial charge in [-0.1, -0.05) is 0 Å². The lowest BCUT2D eigenvalue weighted by Crippen LogP contribution is -2.15. The molecule has 17 heavy (non-hydrogen) atoms. The summed E-state index contributed by atoms with van der Waals surface area (Å²) in [5, 5.41) is 0. The van der Waals surface area contributed by atoms with E-state index in [0.717, 1.165) is 11.3 Å². The Morgan fingerprint density at radius 3 is 2.41 bits per heavy atom. The summed E-state index contributed by atoms with van der Waals surface area (Å²) in [6, 6.07) is 7.62. The van der Waals surface area contributed by atoms with Gasteiger partial charge in [0.1, 0.15) is 24.8 Å². The lowest BCUT2D eigenvalue weighted by molar-refractivity contribution is 0.102. The maximum atomic E-state index is 5.84. The molecule has 1 aromatic rings. The summed E-state index contributed by atoms with van der Waals surface area (Å²) >= 11 is 0. The second kappa shape index (κ2) is 6.88. The fourth-order valence-electron chi connectivity index (χ4n) is 1.28. The van der Waals surface area contributed by atoms with Gasteiger partial charge in [-0.25, -0.2) is 5.90 Å². The molecule has 1 rings (SSSR count). The molecule has 1 aromatic carbocycles. The van der Waals surface area contributed by atoms with E-state index in [-0.39, 0.29) is 6.04 Å². The van der Waals surface area contributed by atoms with E-state index >= 15 is 0 Å². The molecule has 0 unspecified atom stereocenters. The van der Waals surface area contributed by atoms with Crippen LogP contribution in [0.15, 0.2) is 29.3 Å². The van der Waals surface area contributed by atoms with E-state index in [4.69, 9.17) is 16.4 Å². The van der Waals surface area contributed by atoms with E-state index in [9.17, 15) is 0 Å². The van der Waals surface area contributed by atoms with E-state index in [2.05, 4.69) is 9.83 Å². The van der Waals surface area contributed by atoms with Crippen LogP contribution in [-0.4, -0.2) is 25.1 Å². The van der Waals surface area contributed by atoms with Gasteiger partial charge in [-0.15, -0.1) is 0 Å². The van der Waals surface area contributed by atoms with Gasteiger partial charge in [0.15, 0.2) is 0 Å². The summed E-state index contributed by atoms with van der Waals surface area (Å²) in [4.78, 5) is 8.67. The van der Waals surface area contributed by atoms with Crippen molar-refractivity contribution >= 4 is 5.84 Å². The van der Waals surface area contributed by atoms with E-state index < -0.39 is 0 Å². The van der Waals surface area contributed by atoms with E-state index in [1.54, 1.807) is 0 Å². The van der Waals surface area contributed by atoms with Crippen LogP contribution in [0.4, 0.5) is 0 Å². The zero-order valence-electron chi connectivity index (χ0n) is 10.2. The smallest absolute Gasteiger partial charge is 0.125 e. The Morgan fingerprint density at radius 2 is 1.88 bits per heavy atom. The first-order valence-corrected chi connectivity index (χ1v) is 5.51. The Kier molecular flexibility index (Phi) is 5.45. The van der Waals surface area contributed by atoms with Crippen molar-refractivity contribution in [2.45, 2.75) is 19.9 Å². The van der Waals surface area contributed by atoms with Gasteiger partial charge in [-0.2, -0.15) is 0 Å². The average molecular weight is 237 g/mol. The molecule has 0 spiro atoms. The number of nitrogens with zero attached hydrogens (tertiary/aromatic N) is 1. The number of rotatable bonds is 6. The van der Waals surface area contributed by atoms with Gasteiger partial charge in [-0.05, 0) is 38.1 Å². The molecule has 0 aliphatic heterocycles. The lowest BCUT2D eigenvalue weighted by Gasteiger charge is -2.07. The predicted molar refractivity (Wildman–Crippen MR) is 67.9 cm³/mol. The molecule has 0 heterocycles. The molecule has 0 atom stereocenters. The summed E-state index contributed by atoms with van der Waals surface area (Å²) in [5.74, 6) is 6.18. The maximum Gasteiger partial charge on any atom is 0.125 e. The summed E-state index contributed by atoms with van der Waals surface area (Å²) in [6.45, 7) is 4.75. The SMILES string of the molecule is CC(C)N=C(N)c1ccc(OCCON)cc1. The van der Waals surface area contributed by atoms with Crippen LogP contribution in [0, 0.1) is 0 Å². The Hall–Kier alpha value is -1.59. The molecular formula is C12H19N3O2. The first kappa shape index (κ1) is 13.5. The van der Waals surface area contributed by atoms with Crippen molar-refractivity contribution in [2.75, 3.05) is 13.2 Å². The standard InChI is InChI=1S/C12H19N3O2/c1-9(2)15-12(13)10-3-5-11(6-4-10)16-7-8-17-14/h3-6,9H,7-8,14H2,1-2H3,(H2,13,15). The van der Waals surface area contributed by atoms with Crippen molar-refractivity contribution in [1.82, 2.24) is 0 Å². The van der Waals surface area contributed by atoms with Crippen molar-refractivity contribution in [3.63, 3.8) is 0 Å². The van der Waals surface area contributed by atoms with Crippen LogP contribution in [0.5, 0.6) is 5.75 Å². The monoisotopic (exact) mass is 237 g/mol. The van der Waals surface area contributed by atoms with Gasteiger partial charge in [-0.3, -0.25) is 4.99 Å². The fraction of sp³-hybridized carbons (Fsp3) is 0.417. The van der Waals surface area contributed by atoms with Crippen LogP contribution in [0.3, 0.4) is 0 Å². The van der Waals surface area contributed by atoms with Crippen molar-refractivity contribution in [3.05, 3.63) is 29.8 Å². The van der Waals surface area contributed by atoms with E-state index in [0.29, 0.717) is 19.0 Å². The summed E-state index contributed by atoms with van der Waals surface area (Å²) in [7, 11) is 0. The summed E-state index contributed by atoms with van der Waals surface area (Å²) in [6.07, 6.45) is 0. The lowest BCUT2D eigenvalue weighted by atomic mass is 10.2. The third-order valence-electron chi connectivity index (χ3n) is 2.02. The zero-order chi connectivity index (χ0) is 12.7. The number of nitrogens with two attached hydrogens (primary N) is 2. The number of benzene rings is 1. The van der Waals surface area contributed by atoms with Crippen molar-refractivity contribution in [3.8, 4) is 5.75 Å². The van der Waals surface area contributed by atoms with Crippen LogP contribution in [0.2, 0.25) is 0 Å². The normalized spacial score (nSPS) is 11.9. The highest BCUT2D eigenvalue weighted by Crippen LogP contribution is 2.12. The Labute approximate surface area is 101 Å². The molecule has 5 nitrogen and oxygen atoms in total. The minimum Gasteiger partial charge on any atom is -0.491 e. The van der Waals surface area contributed by atoms with Crippen molar-refractivity contribution in [2.24, 2.45) is 16.6 Å². The van der Waals surface area contributed by atoms with Crippen LogP contribution >= 0.6 is 0 Å². The second-order valence-corrected chi connectivity index (χ2v) is 3.85. The predicted octanol–water partition coefficient (Wildman–Crippen LogP) is 1.07. The van der Waals surface area contributed by atoms with Gasteiger partial charge >= 0.3 is 0 Å². The molecular weight excluding hydrogens is 218 g/mol. The van der Waals surface area contributed by atoms with Crippen molar-refractivity contribution in [1.29, 1.82) is 0 Å². The molecule has 0 amide bonds. The Balaban J connectivity index is 2.61. The highest BCUT2D eigenvalue weighted by molar-refractivity contribution is 5.97. The number of hydrogen-bond donors (Lipinski definition) is 2. The van der Waals surface area contributed by atoms with E-state index in [1.165, 1.54) is 0 Å². The minimum atomic E-state index is 0.188. The molecule has 94 valence electrons. The molecule has 0 saturated carbocycles. The highest BCUT2D eigenvalue weighted by Gasteiger charge is 2.00. The number of hydrogen-bond acceptors (Lipinski definition) is 4. The maximum absolute atomic E-state index is 5.84. The summed E-state index contributed by atoms with van der Waals surface area (Å²) in [5.41, 5.74) is 6.73. The summed E-state index contributed by atoms with van der Waals surface area (Å²) < 4.78 is 5.38. The fourth-order valence-corrected chi connectivity index (χ4v) is 1.28. The Bertz CT molecular complexity index is 361. The second-order valence-electron chi connectivity index (χ2n) is 3.85. The first-order valence-electron chi connectivity index (χ1n) is 5.51. The number of ether oxygens (including phenoxy) is 1. The Morgan fingerprint density at radius 1 is 1.24 bits per heavy atom. The number of amidine groups is 1. The largest absolute Gasteiger partial charge is 0.491 e. The van der Waals surface area contributed by atoms with Crippen LogP contribution in [-0.2, 0) is 4.84 Å².